The van der Waals surface area contributed by atoms with E-state index in [1.54, 1.807) is 12.1 Å². The highest BCUT2D eigenvalue weighted by Gasteiger charge is 2.29. The largest absolute Gasteiger partial charge is 0.508 e. The van der Waals surface area contributed by atoms with E-state index in [9.17, 15) is 13.2 Å². The molecule has 0 spiro atoms. The number of hydrogen-bond acceptors (Lipinski definition) is 3. The maximum Gasteiger partial charge on any atom is 0.416 e. The Kier molecular flexibility index (Phi) is 5.41. The second-order valence-corrected chi connectivity index (χ2v) is 4.79. The van der Waals surface area contributed by atoms with Gasteiger partial charge in [-0.2, -0.15) is 13.2 Å². The van der Waals surface area contributed by atoms with Crippen molar-refractivity contribution in [2.24, 2.45) is 0 Å². The van der Waals surface area contributed by atoms with Crippen LogP contribution in [0.25, 0.3) is 0 Å². The quantitative estimate of drug-likeness (QED) is 0.632. The molecule has 2 N–H and O–H groups in total. The highest BCUT2D eigenvalue weighted by atomic mass is 19.4. The second-order valence-electron chi connectivity index (χ2n) is 4.79. The molecule has 0 radical (unpaired) electrons. The van der Waals surface area contributed by atoms with Crippen LogP contribution in [0.1, 0.15) is 16.7 Å². The van der Waals surface area contributed by atoms with Crippen LogP contribution >= 0.6 is 0 Å². The fraction of sp³-hybridized carbons (Fsp3) is 0.250. The topological polar surface area (TPSA) is 41.5 Å². The lowest BCUT2D eigenvalue weighted by atomic mass is 10.1. The molecular formula is C16H16F3NO2. The average molecular weight is 311 g/mol. The van der Waals surface area contributed by atoms with Gasteiger partial charge in [-0.25, -0.2) is 5.48 Å². The predicted octanol–water partition coefficient (Wildman–Crippen LogP) is 3.67. The molecule has 2 aromatic rings. The maximum absolute atomic E-state index is 12.4. The maximum atomic E-state index is 12.4. The number of alkyl halides is 3. The minimum absolute atomic E-state index is 0.188. The van der Waals surface area contributed by atoms with Gasteiger partial charge in [0.25, 0.3) is 0 Å². The SMILES string of the molecule is Oc1ccc(CCNOCc2ccc(C(F)(F)F)cc2)cc1. The van der Waals surface area contributed by atoms with E-state index in [1.165, 1.54) is 12.1 Å². The number of nitrogens with one attached hydrogen (secondary N) is 1. The van der Waals surface area contributed by atoms with Crippen LogP contribution in [0, 0.1) is 0 Å². The number of hydroxylamine groups is 1. The number of hydrogen-bond donors (Lipinski definition) is 2. The van der Waals surface area contributed by atoms with E-state index in [1.807, 2.05) is 12.1 Å². The number of halogens is 3. The summed E-state index contributed by atoms with van der Waals surface area (Å²) in [5.74, 6) is 0.218. The Morgan fingerprint density at radius 3 is 2.09 bits per heavy atom. The Morgan fingerprint density at radius 2 is 1.50 bits per heavy atom. The van der Waals surface area contributed by atoms with Crippen LogP contribution in [0.15, 0.2) is 48.5 Å². The van der Waals surface area contributed by atoms with Crippen LogP contribution in [-0.2, 0) is 24.0 Å². The summed E-state index contributed by atoms with van der Waals surface area (Å²) in [4.78, 5) is 5.21. The van der Waals surface area contributed by atoms with E-state index < -0.39 is 11.7 Å². The van der Waals surface area contributed by atoms with Gasteiger partial charge in [0.05, 0.1) is 12.2 Å². The van der Waals surface area contributed by atoms with Crippen molar-refractivity contribution in [3.8, 4) is 5.75 Å². The smallest absolute Gasteiger partial charge is 0.416 e. The van der Waals surface area contributed by atoms with Gasteiger partial charge in [0.2, 0.25) is 0 Å². The van der Waals surface area contributed by atoms with Crippen molar-refractivity contribution in [2.45, 2.75) is 19.2 Å². The van der Waals surface area contributed by atoms with E-state index >= 15 is 0 Å². The van der Waals surface area contributed by atoms with E-state index in [0.717, 1.165) is 17.7 Å². The molecule has 0 heterocycles. The molecule has 0 aromatic heterocycles. The Labute approximate surface area is 126 Å². The van der Waals surface area contributed by atoms with Crippen LogP contribution in [0.3, 0.4) is 0 Å². The molecular weight excluding hydrogens is 295 g/mol. The van der Waals surface area contributed by atoms with Crippen LogP contribution in [-0.4, -0.2) is 11.7 Å². The normalized spacial score (nSPS) is 11.6. The van der Waals surface area contributed by atoms with Gasteiger partial charge in [-0.15, -0.1) is 0 Å². The minimum atomic E-state index is -4.32. The van der Waals surface area contributed by atoms with Crippen molar-refractivity contribution in [1.82, 2.24) is 5.48 Å². The highest BCUT2D eigenvalue weighted by molar-refractivity contribution is 5.26. The Morgan fingerprint density at radius 1 is 0.909 bits per heavy atom. The van der Waals surface area contributed by atoms with Crippen molar-refractivity contribution in [2.75, 3.05) is 6.54 Å². The zero-order valence-electron chi connectivity index (χ0n) is 11.7. The Hall–Kier alpha value is -2.05. The summed E-state index contributed by atoms with van der Waals surface area (Å²) in [5, 5.41) is 9.15. The molecule has 0 aliphatic heterocycles. The van der Waals surface area contributed by atoms with Gasteiger partial charge >= 0.3 is 6.18 Å². The van der Waals surface area contributed by atoms with Gasteiger partial charge in [-0.3, -0.25) is 4.84 Å². The first kappa shape index (κ1) is 16.3. The molecule has 0 aliphatic rings. The number of aromatic hydroxyl groups is 1. The van der Waals surface area contributed by atoms with E-state index in [0.29, 0.717) is 18.5 Å². The van der Waals surface area contributed by atoms with Crippen molar-refractivity contribution >= 4 is 0 Å². The molecule has 0 bridgehead atoms. The standard InChI is InChI=1S/C16H16F3NO2/c17-16(18,19)14-5-1-13(2-6-14)11-22-20-10-9-12-3-7-15(21)8-4-12/h1-8,20-21H,9-11H2. The van der Waals surface area contributed by atoms with Crippen LogP contribution in [0.5, 0.6) is 5.75 Å². The summed E-state index contributed by atoms with van der Waals surface area (Å²) in [6.45, 7) is 0.749. The van der Waals surface area contributed by atoms with Crippen molar-refractivity contribution in [3.63, 3.8) is 0 Å². The lowest BCUT2D eigenvalue weighted by Gasteiger charge is -2.09. The molecule has 0 atom stereocenters. The molecule has 0 unspecified atom stereocenters. The lowest BCUT2D eigenvalue weighted by molar-refractivity contribution is -0.137. The number of benzene rings is 2. The second kappa shape index (κ2) is 7.29. The molecule has 0 aliphatic carbocycles. The number of phenols is 1. The van der Waals surface area contributed by atoms with Gasteiger partial charge in [-0.05, 0) is 41.8 Å². The van der Waals surface area contributed by atoms with Gasteiger partial charge in [0.1, 0.15) is 5.75 Å². The molecule has 2 rings (SSSR count). The fourth-order valence-electron chi connectivity index (χ4n) is 1.85. The summed E-state index contributed by atoms with van der Waals surface area (Å²) < 4.78 is 37.2. The summed E-state index contributed by atoms with van der Waals surface area (Å²) in [6, 6.07) is 11.7. The van der Waals surface area contributed by atoms with Crippen LogP contribution < -0.4 is 5.48 Å². The molecule has 0 fully saturated rings. The van der Waals surface area contributed by atoms with Crippen molar-refractivity contribution in [1.29, 1.82) is 0 Å². The van der Waals surface area contributed by atoms with Gasteiger partial charge < -0.3 is 5.11 Å². The first-order valence-corrected chi connectivity index (χ1v) is 6.74. The number of phenolic OH excluding ortho intramolecular Hbond substituents is 1. The molecule has 0 saturated heterocycles. The Balaban J connectivity index is 1.69. The van der Waals surface area contributed by atoms with Crippen molar-refractivity contribution in [3.05, 3.63) is 65.2 Å². The lowest BCUT2D eigenvalue weighted by Crippen LogP contribution is -2.17. The molecule has 118 valence electrons. The molecule has 2 aromatic carbocycles. The van der Waals surface area contributed by atoms with Crippen LogP contribution in [0.2, 0.25) is 0 Å². The van der Waals surface area contributed by atoms with Gasteiger partial charge in [0, 0.05) is 6.54 Å². The summed E-state index contributed by atoms with van der Waals surface area (Å²) >= 11 is 0. The predicted molar refractivity (Wildman–Crippen MR) is 76.0 cm³/mol. The molecule has 0 amide bonds. The van der Waals surface area contributed by atoms with E-state index in [-0.39, 0.29) is 12.4 Å². The minimum Gasteiger partial charge on any atom is -0.508 e. The zero-order valence-corrected chi connectivity index (χ0v) is 11.7. The third-order valence-electron chi connectivity index (χ3n) is 3.07. The summed E-state index contributed by atoms with van der Waals surface area (Å²) in [6.07, 6.45) is -3.60. The third kappa shape index (κ3) is 5.05. The van der Waals surface area contributed by atoms with Gasteiger partial charge in [0.15, 0.2) is 0 Å². The summed E-state index contributed by atoms with van der Waals surface area (Å²) in [5.41, 5.74) is 3.79. The van der Waals surface area contributed by atoms with Crippen molar-refractivity contribution < 1.29 is 23.1 Å². The van der Waals surface area contributed by atoms with E-state index in [4.69, 9.17) is 9.94 Å². The number of rotatable bonds is 6. The average Bonchev–Trinajstić information content (AvgIpc) is 2.48. The Bertz CT molecular complexity index is 580. The molecule has 22 heavy (non-hydrogen) atoms. The fourth-order valence-corrected chi connectivity index (χ4v) is 1.85. The van der Waals surface area contributed by atoms with Crippen LogP contribution in [0.4, 0.5) is 13.2 Å². The molecule has 0 saturated carbocycles. The third-order valence-corrected chi connectivity index (χ3v) is 3.07. The van der Waals surface area contributed by atoms with Gasteiger partial charge in [-0.1, -0.05) is 24.3 Å². The monoisotopic (exact) mass is 311 g/mol. The van der Waals surface area contributed by atoms with E-state index in [2.05, 4.69) is 5.48 Å². The zero-order chi connectivity index (χ0) is 16.0. The summed E-state index contributed by atoms with van der Waals surface area (Å²) in [7, 11) is 0. The first-order valence-electron chi connectivity index (χ1n) is 6.74. The molecule has 6 heteroatoms. The first-order chi connectivity index (χ1) is 10.4. The molecule has 3 nitrogen and oxygen atoms in total. The highest BCUT2D eigenvalue weighted by Crippen LogP contribution is 2.29.